The van der Waals surface area contributed by atoms with Crippen LogP contribution in [-0.4, -0.2) is 11.1 Å². The summed E-state index contributed by atoms with van der Waals surface area (Å²) < 4.78 is 10.2. The van der Waals surface area contributed by atoms with Crippen molar-refractivity contribution < 1.29 is 19.1 Å². The summed E-state index contributed by atoms with van der Waals surface area (Å²) in [6, 6.07) is 7.37. The monoisotopic (exact) mass is 272 g/mol. The van der Waals surface area contributed by atoms with Gasteiger partial charge in [-0.25, -0.2) is 4.79 Å². The van der Waals surface area contributed by atoms with Gasteiger partial charge in [-0.15, -0.1) is 0 Å². The Kier molecular flexibility index (Phi) is 3.26. The van der Waals surface area contributed by atoms with Crippen molar-refractivity contribution in [3.63, 3.8) is 0 Å². The molecular weight excluding hydrogens is 267 g/mol. The summed E-state index contributed by atoms with van der Waals surface area (Å²) >= 11 is 11.6. The van der Waals surface area contributed by atoms with Crippen molar-refractivity contribution >= 4 is 29.2 Å². The molecule has 1 N–H and O–H groups in total. The maximum atomic E-state index is 10.6. The molecule has 88 valence electrons. The van der Waals surface area contributed by atoms with Crippen LogP contribution in [0.15, 0.2) is 34.7 Å². The molecule has 0 unspecified atom stereocenters. The van der Waals surface area contributed by atoms with Crippen molar-refractivity contribution in [1.29, 1.82) is 0 Å². The fourth-order valence-corrected chi connectivity index (χ4v) is 1.47. The molecule has 0 saturated heterocycles. The molecule has 4 nitrogen and oxygen atoms in total. The molecule has 0 spiro atoms. The van der Waals surface area contributed by atoms with Crippen LogP contribution in [0.4, 0.5) is 0 Å². The zero-order valence-electron chi connectivity index (χ0n) is 8.31. The zero-order chi connectivity index (χ0) is 12.4. The predicted molar refractivity (Wildman–Crippen MR) is 62.2 cm³/mol. The minimum absolute atomic E-state index is 0.0339. The normalized spacial score (nSPS) is 10.2. The van der Waals surface area contributed by atoms with E-state index >= 15 is 0 Å². The lowest BCUT2D eigenvalue weighted by molar-refractivity contribution is 0.0657. The first-order chi connectivity index (χ1) is 8.06. The Labute approximate surface area is 106 Å². The van der Waals surface area contributed by atoms with Crippen LogP contribution < -0.4 is 4.74 Å². The van der Waals surface area contributed by atoms with E-state index in [0.717, 1.165) is 0 Å². The highest BCUT2D eigenvalue weighted by atomic mass is 35.5. The number of carboxylic acids is 1. The summed E-state index contributed by atoms with van der Waals surface area (Å²) in [4.78, 5) is 10.6. The fourth-order valence-electron chi connectivity index (χ4n) is 1.15. The molecule has 0 amide bonds. The Balaban J connectivity index is 2.25. The lowest BCUT2D eigenvalue weighted by Gasteiger charge is -2.04. The number of benzene rings is 1. The lowest BCUT2D eigenvalue weighted by Crippen LogP contribution is -1.91. The maximum Gasteiger partial charge on any atom is 0.371 e. The molecule has 1 aromatic carbocycles. The summed E-state index contributed by atoms with van der Waals surface area (Å²) in [6.07, 6.45) is 0. The van der Waals surface area contributed by atoms with Gasteiger partial charge >= 0.3 is 5.97 Å². The highest BCUT2D eigenvalue weighted by molar-refractivity contribution is 6.34. The van der Waals surface area contributed by atoms with E-state index in [-0.39, 0.29) is 11.7 Å². The van der Waals surface area contributed by atoms with Crippen molar-refractivity contribution in [2.45, 2.75) is 0 Å². The van der Waals surface area contributed by atoms with E-state index in [1.165, 1.54) is 18.2 Å². The molecule has 1 aromatic heterocycles. The SMILES string of the molecule is O=C(O)c1ccc(Oc2cc(Cl)ccc2Cl)o1. The topological polar surface area (TPSA) is 59.7 Å². The molecule has 0 aliphatic rings. The third-order valence-electron chi connectivity index (χ3n) is 1.90. The van der Waals surface area contributed by atoms with Crippen molar-refractivity contribution in [1.82, 2.24) is 0 Å². The number of ether oxygens (including phenoxy) is 1. The quantitative estimate of drug-likeness (QED) is 0.915. The smallest absolute Gasteiger partial charge is 0.371 e. The van der Waals surface area contributed by atoms with Crippen LogP contribution in [0.5, 0.6) is 11.7 Å². The van der Waals surface area contributed by atoms with Crippen molar-refractivity contribution in [3.8, 4) is 11.7 Å². The number of hydrogen-bond acceptors (Lipinski definition) is 3. The summed E-state index contributed by atoms with van der Waals surface area (Å²) in [6.45, 7) is 0. The Morgan fingerprint density at radius 3 is 2.65 bits per heavy atom. The van der Waals surface area contributed by atoms with Crippen LogP contribution in [0.1, 0.15) is 10.6 Å². The molecule has 0 bridgehead atoms. The molecule has 6 heteroatoms. The molecule has 1 heterocycles. The van der Waals surface area contributed by atoms with E-state index < -0.39 is 5.97 Å². The average Bonchev–Trinajstić information content (AvgIpc) is 2.72. The average molecular weight is 273 g/mol. The summed E-state index contributed by atoms with van der Waals surface area (Å²) in [7, 11) is 0. The van der Waals surface area contributed by atoms with Crippen LogP contribution >= 0.6 is 23.2 Å². The minimum atomic E-state index is -1.17. The molecule has 0 saturated carbocycles. The van der Waals surface area contributed by atoms with Crippen molar-refractivity contribution in [2.24, 2.45) is 0 Å². The van der Waals surface area contributed by atoms with Crippen molar-refractivity contribution in [3.05, 3.63) is 46.1 Å². The summed E-state index contributed by atoms with van der Waals surface area (Å²) in [5.74, 6) is -1.05. The lowest BCUT2D eigenvalue weighted by atomic mass is 10.3. The first kappa shape index (κ1) is 11.8. The number of carbonyl (C=O) groups is 1. The molecule has 2 aromatic rings. The molecule has 2 rings (SSSR count). The number of hydrogen-bond donors (Lipinski definition) is 1. The standard InChI is InChI=1S/C11H6Cl2O4/c12-6-1-2-7(13)9(5-6)17-10-4-3-8(16-10)11(14)15/h1-5H,(H,14,15). The van der Waals surface area contributed by atoms with E-state index in [1.54, 1.807) is 12.1 Å². The van der Waals surface area contributed by atoms with Gasteiger partial charge in [0.25, 0.3) is 5.95 Å². The van der Waals surface area contributed by atoms with E-state index in [0.29, 0.717) is 15.8 Å². The highest BCUT2D eigenvalue weighted by Crippen LogP contribution is 2.32. The Bertz CT molecular complexity index is 562. The van der Waals surface area contributed by atoms with Crippen LogP contribution in [0.3, 0.4) is 0 Å². The van der Waals surface area contributed by atoms with Gasteiger partial charge in [0, 0.05) is 17.2 Å². The number of aromatic carboxylic acids is 1. The third-order valence-corrected chi connectivity index (χ3v) is 2.44. The second kappa shape index (κ2) is 4.69. The van der Waals surface area contributed by atoms with Gasteiger partial charge in [-0.2, -0.15) is 0 Å². The number of furan rings is 1. The van der Waals surface area contributed by atoms with Gasteiger partial charge in [0.2, 0.25) is 5.76 Å². The first-order valence-electron chi connectivity index (χ1n) is 4.52. The van der Waals surface area contributed by atoms with E-state index in [1.807, 2.05) is 0 Å². The number of halogens is 2. The second-order valence-electron chi connectivity index (χ2n) is 3.10. The molecule has 0 atom stereocenters. The van der Waals surface area contributed by atoms with E-state index in [4.69, 9.17) is 37.5 Å². The van der Waals surface area contributed by atoms with Crippen LogP contribution in [0, 0.1) is 0 Å². The number of rotatable bonds is 3. The van der Waals surface area contributed by atoms with Crippen molar-refractivity contribution in [2.75, 3.05) is 0 Å². The Morgan fingerprint density at radius 1 is 1.24 bits per heavy atom. The van der Waals surface area contributed by atoms with Gasteiger partial charge in [-0.05, 0) is 18.2 Å². The second-order valence-corrected chi connectivity index (χ2v) is 3.94. The van der Waals surface area contributed by atoms with Crippen LogP contribution in [-0.2, 0) is 0 Å². The first-order valence-corrected chi connectivity index (χ1v) is 5.28. The Morgan fingerprint density at radius 2 is 2.00 bits per heavy atom. The predicted octanol–water partition coefficient (Wildman–Crippen LogP) is 4.08. The molecule has 0 fully saturated rings. The minimum Gasteiger partial charge on any atom is -0.475 e. The number of carboxylic acid groups (broad SMARTS) is 1. The molecule has 0 radical (unpaired) electrons. The van der Waals surface area contributed by atoms with Gasteiger partial charge in [-0.1, -0.05) is 23.2 Å². The highest BCUT2D eigenvalue weighted by Gasteiger charge is 2.11. The third kappa shape index (κ3) is 2.72. The van der Waals surface area contributed by atoms with Gasteiger partial charge in [0.1, 0.15) is 0 Å². The van der Waals surface area contributed by atoms with E-state index in [2.05, 4.69) is 0 Å². The summed E-state index contributed by atoms with van der Waals surface area (Å²) in [5.41, 5.74) is 0. The van der Waals surface area contributed by atoms with E-state index in [9.17, 15) is 4.79 Å². The molecule has 0 aliphatic heterocycles. The zero-order valence-corrected chi connectivity index (χ0v) is 9.83. The fraction of sp³-hybridized carbons (Fsp3) is 0. The van der Waals surface area contributed by atoms with Gasteiger partial charge < -0.3 is 14.3 Å². The van der Waals surface area contributed by atoms with Gasteiger partial charge in [-0.3, -0.25) is 0 Å². The summed E-state index contributed by atoms with van der Waals surface area (Å²) in [5, 5.41) is 9.47. The maximum absolute atomic E-state index is 10.6. The molecule has 17 heavy (non-hydrogen) atoms. The Hall–Kier alpha value is -1.65. The van der Waals surface area contributed by atoms with Gasteiger partial charge in [0.15, 0.2) is 5.75 Å². The molecular formula is C11H6Cl2O4. The van der Waals surface area contributed by atoms with Crippen LogP contribution in [0.25, 0.3) is 0 Å². The van der Waals surface area contributed by atoms with Crippen LogP contribution in [0.2, 0.25) is 10.0 Å². The largest absolute Gasteiger partial charge is 0.475 e. The molecule has 0 aliphatic carbocycles. The van der Waals surface area contributed by atoms with Gasteiger partial charge in [0.05, 0.1) is 5.02 Å².